The SMILES string of the molecule is Cc1cc([N+](=O)[O-])c(NC2=CC(O)C(O)CO2)cc1Cl. The van der Waals surface area contributed by atoms with Crippen LogP contribution in [0.25, 0.3) is 0 Å². The Morgan fingerprint density at radius 2 is 2.20 bits per heavy atom. The molecule has 0 bridgehead atoms. The number of benzene rings is 1. The van der Waals surface area contributed by atoms with Gasteiger partial charge in [-0.25, -0.2) is 0 Å². The van der Waals surface area contributed by atoms with Crippen molar-refractivity contribution in [1.82, 2.24) is 0 Å². The van der Waals surface area contributed by atoms with Crippen LogP contribution in [0.15, 0.2) is 24.1 Å². The number of anilines is 1. The van der Waals surface area contributed by atoms with Gasteiger partial charge in [-0.3, -0.25) is 10.1 Å². The maximum atomic E-state index is 11.0. The van der Waals surface area contributed by atoms with Crippen molar-refractivity contribution in [3.63, 3.8) is 0 Å². The van der Waals surface area contributed by atoms with Crippen molar-refractivity contribution in [2.45, 2.75) is 19.1 Å². The Bertz CT molecular complexity index is 575. The molecule has 2 rings (SSSR count). The smallest absolute Gasteiger partial charge is 0.293 e. The highest BCUT2D eigenvalue weighted by Crippen LogP contribution is 2.32. The van der Waals surface area contributed by atoms with Crippen LogP contribution in [0, 0.1) is 17.0 Å². The highest BCUT2D eigenvalue weighted by Gasteiger charge is 2.24. The molecule has 0 spiro atoms. The molecule has 0 radical (unpaired) electrons. The Kier molecular flexibility index (Phi) is 4.12. The highest BCUT2D eigenvalue weighted by atomic mass is 35.5. The van der Waals surface area contributed by atoms with Gasteiger partial charge in [0, 0.05) is 17.2 Å². The zero-order chi connectivity index (χ0) is 14.9. The third kappa shape index (κ3) is 3.01. The largest absolute Gasteiger partial charge is 0.476 e. The van der Waals surface area contributed by atoms with E-state index in [-0.39, 0.29) is 23.9 Å². The number of rotatable bonds is 3. The van der Waals surface area contributed by atoms with Crippen molar-refractivity contribution in [2.75, 3.05) is 11.9 Å². The molecule has 0 aromatic heterocycles. The number of nitrogens with one attached hydrogen (secondary N) is 1. The van der Waals surface area contributed by atoms with Gasteiger partial charge in [0.1, 0.15) is 24.5 Å². The Morgan fingerprint density at radius 1 is 1.50 bits per heavy atom. The van der Waals surface area contributed by atoms with Crippen LogP contribution >= 0.6 is 11.6 Å². The van der Waals surface area contributed by atoms with Crippen LogP contribution in [0.2, 0.25) is 5.02 Å². The summed E-state index contributed by atoms with van der Waals surface area (Å²) >= 11 is 5.95. The number of nitrogens with zero attached hydrogens (tertiary/aromatic N) is 1. The number of aliphatic hydroxyl groups excluding tert-OH is 2. The predicted molar refractivity (Wildman–Crippen MR) is 72.5 cm³/mol. The second-order valence-electron chi connectivity index (χ2n) is 4.40. The van der Waals surface area contributed by atoms with Gasteiger partial charge >= 0.3 is 0 Å². The van der Waals surface area contributed by atoms with Crippen molar-refractivity contribution in [1.29, 1.82) is 0 Å². The van der Waals surface area contributed by atoms with E-state index in [0.717, 1.165) is 0 Å². The Hall–Kier alpha value is -1.83. The molecule has 1 aliphatic heterocycles. The summed E-state index contributed by atoms with van der Waals surface area (Å²) in [5.41, 5.74) is 0.579. The average Bonchev–Trinajstić information content (AvgIpc) is 2.37. The van der Waals surface area contributed by atoms with Crippen LogP contribution in [-0.4, -0.2) is 34.0 Å². The number of hydrogen-bond donors (Lipinski definition) is 3. The van der Waals surface area contributed by atoms with E-state index < -0.39 is 17.1 Å². The van der Waals surface area contributed by atoms with E-state index in [9.17, 15) is 20.3 Å². The normalized spacial score (nSPS) is 21.9. The zero-order valence-corrected chi connectivity index (χ0v) is 11.3. The van der Waals surface area contributed by atoms with Crippen LogP contribution in [-0.2, 0) is 4.74 Å². The first-order chi connectivity index (χ1) is 9.38. The molecule has 1 aromatic carbocycles. The fraction of sp³-hybridized carbons (Fsp3) is 0.333. The maximum absolute atomic E-state index is 11.0. The van der Waals surface area contributed by atoms with Gasteiger partial charge in [-0.05, 0) is 18.6 Å². The monoisotopic (exact) mass is 300 g/mol. The summed E-state index contributed by atoms with van der Waals surface area (Å²) in [5, 5.41) is 32.9. The van der Waals surface area contributed by atoms with Crippen LogP contribution in [0.5, 0.6) is 0 Å². The molecular weight excluding hydrogens is 288 g/mol. The summed E-state index contributed by atoms with van der Waals surface area (Å²) in [6.45, 7) is 1.56. The van der Waals surface area contributed by atoms with Gasteiger partial charge in [0.25, 0.3) is 5.69 Å². The molecule has 2 unspecified atom stereocenters. The molecule has 8 heteroatoms. The second-order valence-corrected chi connectivity index (χ2v) is 4.81. The molecule has 2 atom stereocenters. The Morgan fingerprint density at radius 3 is 2.80 bits per heavy atom. The standard InChI is InChI=1S/C12H13ClN2O5/c1-6-2-9(15(18)19)8(3-7(6)13)14-12-4-10(16)11(17)5-20-12/h2-4,10-11,14,16-17H,5H2,1H3. The van der Waals surface area contributed by atoms with Gasteiger partial charge in [0.05, 0.1) is 4.92 Å². The number of hydrogen-bond acceptors (Lipinski definition) is 6. The summed E-state index contributed by atoms with van der Waals surface area (Å²) in [6.07, 6.45) is -0.866. The van der Waals surface area contributed by atoms with E-state index in [1.165, 1.54) is 18.2 Å². The van der Waals surface area contributed by atoms with Gasteiger partial charge in [0.2, 0.25) is 0 Å². The molecule has 7 nitrogen and oxygen atoms in total. The van der Waals surface area contributed by atoms with Crippen molar-refractivity contribution >= 4 is 23.0 Å². The van der Waals surface area contributed by atoms with Crippen molar-refractivity contribution in [3.8, 4) is 0 Å². The third-order valence-electron chi connectivity index (χ3n) is 2.86. The minimum absolute atomic E-state index is 0.104. The van der Waals surface area contributed by atoms with Crippen LogP contribution < -0.4 is 5.32 Å². The number of ether oxygens (including phenoxy) is 1. The number of aliphatic hydroxyl groups is 2. The van der Waals surface area contributed by atoms with E-state index in [1.807, 2.05) is 0 Å². The lowest BCUT2D eigenvalue weighted by molar-refractivity contribution is -0.384. The first-order valence-electron chi connectivity index (χ1n) is 5.81. The van der Waals surface area contributed by atoms with E-state index in [4.69, 9.17) is 16.3 Å². The van der Waals surface area contributed by atoms with Crippen molar-refractivity contribution in [2.24, 2.45) is 0 Å². The third-order valence-corrected chi connectivity index (χ3v) is 3.26. The number of nitro benzene ring substituents is 1. The quantitative estimate of drug-likeness (QED) is 0.578. The summed E-state index contributed by atoms with van der Waals surface area (Å²) in [7, 11) is 0. The lowest BCUT2D eigenvalue weighted by Crippen LogP contribution is -2.34. The first kappa shape index (κ1) is 14.6. The summed E-state index contributed by atoms with van der Waals surface area (Å²) in [4.78, 5) is 10.5. The maximum Gasteiger partial charge on any atom is 0.293 e. The van der Waals surface area contributed by atoms with Gasteiger partial charge in [0.15, 0.2) is 5.88 Å². The lowest BCUT2D eigenvalue weighted by Gasteiger charge is -2.24. The lowest BCUT2D eigenvalue weighted by atomic mass is 10.1. The molecule has 1 heterocycles. The molecule has 0 fully saturated rings. The fourth-order valence-corrected chi connectivity index (χ4v) is 1.88. The molecule has 108 valence electrons. The van der Waals surface area contributed by atoms with E-state index in [0.29, 0.717) is 10.6 Å². The molecule has 0 amide bonds. The van der Waals surface area contributed by atoms with Gasteiger partial charge < -0.3 is 20.3 Å². The predicted octanol–water partition coefficient (Wildman–Crippen LogP) is 1.56. The average molecular weight is 301 g/mol. The molecule has 20 heavy (non-hydrogen) atoms. The molecule has 3 N–H and O–H groups in total. The van der Waals surface area contributed by atoms with E-state index >= 15 is 0 Å². The van der Waals surface area contributed by atoms with Crippen LogP contribution in [0.4, 0.5) is 11.4 Å². The van der Waals surface area contributed by atoms with Crippen LogP contribution in [0.3, 0.4) is 0 Å². The first-order valence-corrected chi connectivity index (χ1v) is 6.18. The number of halogens is 1. The molecular formula is C12H13ClN2O5. The van der Waals surface area contributed by atoms with Gasteiger partial charge in [-0.15, -0.1) is 0 Å². The molecule has 0 aliphatic carbocycles. The summed E-state index contributed by atoms with van der Waals surface area (Å²) in [6, 6.07) is 2.76. The Balaban J connectivity index is 2.32. The minimum atomic E-state index is -1.09. The van der Waals surface area contributed by atoms with Gasteiger partial charge in [-0.1, -0.05) is 11.6 Å². The minimum Gasteiger partial charge on any atom is -0.476 e. The number of aryl methyl sites for hydroxylation is 1. The topological polar surface area (TPSA) is 105 Å². The highest BCUT2D eigenvalue weighted by molar-refractivity contribution is 6.31. The fourth-order valence-electron chi connectivity index (χ4n) is 1.72. The summed E-state index contributed by atoms with van der Waals surface area (Å²) < 4.78 is 5.14. The van der Waals surface area contributed by atoms with E-state index in [2.05, 4.69) is 5.32 Å². The molecule has 1 aromatic rings. The number of nitro groups is 1. The zero-order valence-electron chi connectivity index (χ0n) is 10.5. The molecule has 0 saturated carbocycles. The molecule has 1 aliphatic rings. The van der Waals surface area contributed by atoms with E-state index in [1.54, 1.807) is 6.92 Å². The van der Waals surface area contributed by atoms with Crippen molar-refractivity contribution < 1.29 is 19.9 Å². The van der Waals surface area contributed by atoms with Crippen LogP contribution in [0.1, 0.15) is 5.56 Å². The molecule has 0 saturated heterocycles. The van der Waals surface area contributed by atoms with Gasteiger partial charge in [-0.2, -0.15) is 0 Å². The second kappa shape index (κ2) is 5.66. The summed E-state index contributed by atoms with van der Waals surface area (Å²) in [5.74, 6) is 0.130. The Labute approximate surface area is 119 Å². The van der Waals surface area contributed by atoms with Crippen molar-refractivity contribution in [3.05, 3.63) is 44.8 Å².